The second-order valence-corrected chi connectivity index (χ2v) is 10.3. The number of benzene rings is 2. The van der Waals surface area contributed by atoms with Crippen LogP contribution in [-0.2, 0) is 19.6 Å². The maximum atomic E-state index is 13.6. The Morgan fingerprint density at radius 3 is 2.59 bits per heavy atom. The standard InChI is InChI=1S/C23H27N3O5S/c1-13-7-8-17(10-14(13)2)24-23(28)19-6-5-9-26(19)32(29,30)21-12-20-18(11-15(21)3)25-22(27)16(4)31-20/h7-8,10-12,16,19H,5-6,9H2,1-4H3,(H,24,28)(H,25,27)/t16-,19+/m0/s1. The maximum absolute atomic E-state index is 13.6. The molecule has 2 N–H and O–H groups in total. The van der Waals surface area contributed by atoms with Gasteiger partial charge >= 0.3 is 0 Å². The molecule has 0 radical (unpaired) electrons. The summed E-state index contributed by atoms with van der Waals surface area (Å²) in [7, 11) is -3.96. The van der Waals surface area contributed by atoms with E-state index in [0.717, 1.165) is 11.1 Å². The van der Waals surface area contributed by atoms with Crippen molar-refractivity contribution >= 4 is 33.2 Å². The quantitative estimate of drug-likeness (QED) is 0.734. The number of aryl methyl sites for hydroxylation is 3. The Bertz CT molecular complexity index is 1210. The molecule has 4 rings (SSSR count). The summed E-state index contributed by atoms with van der Waals surface area (Å²) >= 11 is 0. The van der Waals surface area contributed by atoms with Gasteiger partial charge in [0.1, 0.15) is 11.8 Å². The van der Waals surface area contributed by atoms with Crippen LogP contribution in [0, 0.1) is 20.8 Å². The van der Waals surface area contributed by atoms with Crippen molar-refractivity contribution in [3.63, 3.8) is 0 Å². The smallest absolute Gasteiger partial charge is 0.265 e. The van der Waals surface area contributed by atoms with Crippen LogP contribution < -0.4 is 15.4 Å². The van der Waals surface area contributed by atoms with Gasteiger partial charge in [-0.3, -0.25) is 9.59 Å². The van der Waals surface area contributed by atoms with Gasteiger partial charge in [-0.25, -0.2) is 8.42 Å². The number of anilines is 2. The van der Waals surface area contributed by atoms with E-state index in [0.29, 0.717) is 35.5 Å². The molecule has 2 atom stereocenters. The summed E-state index contributed by atoms with van der Waals surface area (Å²) in [6, 6.07) is 7.84. The molecule has 1 fully saturated rings. The van der Waals surface area contributed by atoms with Crippen molar-refractivity contribution in [3.05, 3.63) is 47.0 Å². The lowest BCUT2D eigenvalue weighted by Crippen LogP contribution is -2.43. The van der Waals surface area contributed by atoms with Gasteiger partial charge in [-0.2, -0.15) is 4.31 Å². The van der Waals surface area contributed by atoms with Crippen molar-refractivity contribution in [3.8, 4) is 5.75 Å². The monoisotopic (exact) mass is 457 g/mol. The summed E-state index contributed by atoms with van der Waals surface area (Å²) in [5.74, 6) is -0.325. The predicted octanol–water partition coefficient (Wildman–Crippen LogP) is 3.12. The number of carbonyl (C=O) groups excluding carboxylic acids is 2. The third-order valence-electron chi connectivity index (χ3n) is 6.08. The number of sulfonamides is 1. The highest BCUT2D eigenvalue weighted by atomic mass is 32.2. The fraction of sp³-hybridized carbons (Fsp3) is 0.391. The highest BCUT2D eigenvalue weighted by Crippen LogP contribution is 2.37. The zero-order valence-corrected chi connectivity index (χ0v) is 19.4. The average molecular weight is 458 g/mol. The van der Waals surface area contributed by atoms with Crippen LogP contribution in [0.2, 0.25) is 0 Å². The third-order valence-corrected chi connectivity index (χ3v) is 8.13. The summed E-state index contributed by atoms with van der Waals surface area (Å²) in [5.41, 5.74) is 3.72. The minimum atomic E-state index is -3.96. The highest BCUT2D eigenvalue weighted by molar-refractivity contribution is 7.89. The Morgan fingerprint density at radius 1 is 1.12 bits per heavy atom. The molecule has 2 heterocycles. The van der Waals surface area contributed by atoms with Gasteiger partial charge in [0.15, 0.2) is 6.10 Å². The van der Waals surface area contributed by atoms with Crippen molar-refractivity contribution in [1.82, 2.24) is 4.31 Å². The molecule has 2 aliphatic rings. The van der Waals surface area contributed by atoms with E-state index in [-0.39, 0.29) is 23.3 Å². The van der Waals surface area contributed by atoms with Crippen molar-refractivity contribution in [2.75, 3.05) is 17.2 Å². The van der Waals surface area contributed by atoms with Crippen LogP contribution in [0.4, 0.5) is 11.4 Å². The average Bonchev–Trinajstić information content (AvgIpc) is 3.22. The first-order chi connectivity index (χ1) is 15.1. The van der Waals surface area contributed by atoms with E-state index in [1.807, 2.05) is 32.0 Å². The number of nitrogens with zero attached hydrogens (tertiary/aromatic N) is 1. The van der Waals surface area contributed by atoms with Gasteiger partial charge in [0.2, 0.25) is 15.9 Å². The van der Waals surface area contributed by atoms with Crippen LogP contribution in [0.3, 0.4) is 0 Å². The summed E-state index contributed by atoms with van der Waals surface area (Å²) in [4.78, 5) is 24.9. The summed E-state index contributed by atoms with van der Waals surface area (Å²) in [6.07, 6.45) is 0.324. The Kier molecular flexibility index (Phi) is 5.72. The van der Waals surface area contributed by atoms with Gasteiger partial charge in [-0.05, 0) is 75.4 Å². The van der Waals surface area contributed by atoms with Crippen molar-refractivity contribution < 1.29 is 22.7 Å². The molecule has 0 unspecified atom stereocenters. The fourth-order valence-electron chi connectivity index (χ4n) is 4.08. The molecule has 0 aromatic heterocycles. The molecule has 0 aliphatic carbocycles. The first-order valence-electron chi connectivity index (χ1n) is 10.6. The number of amides is 2. The van der Waals surface area contributed by atoms with Crippen LogP contribution >= 0.6 is 0 Å². The van der Waals surface area contributed by atoms with E-state index in [4.69, 9.17) is 4.74 Å². The predicted molar refractivity (Wildman–Crippen MR) is 121 cm³/mol. The second-order valence-electron chi connectivity index (χ2n) is 8.43. The molecule has 2 aliphatic heterocycles. The van der Waals surface area contributed by atoms with Crippen molar-refractivity contribution in [2.45, 2.75) is 57.6 Å². The number of hydrogen-bond acceptors (Lipinski definition) is 5. The van der Waals surface area contributed by atoms with Crippen LogP contribution in [0.25, 0.3) is 0 Å². The number of hydrogen-bond donors (Lipinski definition) is 2. The summed E-state index contributed by atoms with van der Waals surface area (Å²) in [5, 5.41) is 5.59. The van der Waals surface area contributed by atoms with E-state index >= 15 is 0 Å². The number of rotatable bonds is 4. The molecule has 8 nitrogen and oxygen atoms in total. The Balaban J connectivity index is 1.62. The van der Waals surface area contributed by atoms with Crippen LogP contribution in [-0.4, -0.2) is 43.2 Å². The van der Waals surface area contributed by atoms with Gasteiger partial charge in [-0.1, -0.05) is 6.07 Å². The molecule has 9 heteroatoms. The van der Waals surface area contributed by atoms with Gasteiger partial charge in [0.25, 0.3) is 5.91 Å². The van der Waals surface area contributed by atoms with E-state index in [2.05, 4.69) is 10.6 Å². The van der Waals surface area contributed by atoms with Crippen LogP contribution in [0.5, 0.6) is 5.75 Å². The molecular weight excluding hydrogens is 430 g/mol. The molecule has 170 valence electrons. The fourth-order valence-corrected chi connectivity index (χ4v) is 5.96. The lowest BCUT2D eigenvalue weighted by Gasteiger charge is -2.27. The molecule has 2 amide bonds. The molecule has 0 bridgehead atoms. The number of nitrogens with one attached hydrogen (secondary N) is 2. The van der Waals surface area contributed by atoms with Crippen LogP contribution in [0.15, 0.2) is 35.2 Å². The molecule has 0 saturated carbocycles. The van der Waals surface area contributed by atoms with Gasteiger partial charge in [0.05, 0.1) is 10.6 Å². The highest BCUT2D eigenvalue weighted by Gasteiger charge is 2.40. The first kappa shape index (κ1) is 22.3. The lowest BCUT2D eigenvalue weighted by molar-refractivity contribution is -0.122. The number of fused-ring (bicyclic) bond motifs is 1. The van der Waals surface area contributed by atoms with Crippen molar-refractivity contribution in [1.29, 1.82) is 0 Å². The molecule has 2 aromatic rings. The molecule has 1 saturated heterocycles. The largest absolute Gasteiger partial charge is 0.479 e. The van der Waals surface area contributed by atoms with E-state index in [1.165, 1.54) is 10.4 Å². The number of carbonyl (C=O) groups is 2. The zero-order chi connectivity index (χ0) is 23.2. The normalized spacial score (nSPS) is 20.9. The third kappa shape index (κ3) is 3.98. The van der Waals surface area contributed by atoms with Gasteiger partial charge in [0, 0.05) is 18.3 Å². The summed E-state index contributed by atoms with van der Waals surface area (Å²) in [6.45, 7) is 7.47. The Morgan fingerprint density at radius 2 is 1.88 bits per heavy atom. The first-order valence-corrected chi connectivity index (χ1v) is 12.0. The zero-order valence-electron chi connectivity index (χ0n) is 18.6. The Labute approximate surface area is 188 Å². The maximum Gasteiger partial charge on any atom is 0.265 e. The van der Waals surface area contributed by atoms with Gasteiger partial charge < -0.3 is 15.4 Å². The van der Waals surface area contributed by atoms with E-state index in [9.17, 15) is 18.0 Å². The van der Waals surface area contributed by atoms with Crippen LogP contribution in [0.1, 0.15) is 36.5 Å². The number of ether oxygens (including phenoxy) is 1. The molecule has 0 spiro atoms. The molecular formula is C23H27N3O5S. The van der Waals surface area contributed by atoms with E-state index in [1.54, 1.807) is 19.9 Å². The Hall–Kier alpha value is -2.91. The lowest BCUT2D eigenvalue weighted by atomic mass is 10.1. The van der Waals surface area contributed by atoms with Crippen molar-refractivity contribution in [2.24, 2.45) is 0 Å². The second kappa shape index (κ2) is 8.22. The minimum Gasteiger partial charge on any atom is -0.479 e. The molecule has 32 heavy (non-hydrogen) atoms. The van der Waals surface area contributed by atoms with Gasteiger partial charge in [-0.15, -0.1) is 0 Å². The van der Waals surface area contributed by atoms with E-state index < -0.39 is 22.2 Å². The topological polar surface area (TPSA) is 105 Å². The molecule has 2 aromatic carbocycles. The summed E-state index contributed by atoms with van der Waals surface area (Å²) < 4.78 is 34.0. The minimum absolute atomic E-state index is 0.0745. The SMILES string of the molecule is Cc1ccc(NC(=O)[C@H]2CCCN2S(=O)(=O)c2cc3c(cc2C)NC(=O)[C@H](C)O3)cc1C.